The van der Waals surface area contributed by atoms with Crippen molar-refractivity contribution in [1.82, 2.24) is 0 Å². The van der Waals surface area contributed by atoms with Gasteiger partial charge in [0.15, 0.2) is 0 Å². The molecule has 1 atom stereocenters. The molecule has 1 unspecified atom stereocenters. The van der Waals surface area contributed by atoms with E-state index in [9.17, 15) is 0 Å². The van der Waals surface area contributed by atoms with Gasteiger partial charge in [-0.2, -0.15) is 0 Å². The molecule has 0 spiro atoms. The maximum Gasteiger partial charge on any atom is 0.0931 e. The molecule has 0 amide bonds. The van der Waals surface area contributed by atoms with Crippen LogP contribution in [0.25, 0.3) is 0 Å². The van der Waals surface area contributed by atoms with Crippen LogP contribution in [0.2, 0.25) is 4.34 Å². The summed E-state index contributed by atoms with van der Waals surface area (Å²) in [6.07, 6.45) is 1.81. The lowest BCUT2D eigenvalue weighted by Gasteiger charge is -2.10. The highest BCUT2D eigenvalue weighted by Crippen LogP contribution is 2.22. The second-order valence-electron chi connectivity index (χ2n) is 4.36. The van der Waals surface area contributed by atoms with Crippen LogP contribution in [0.4, 0.5) is 0 Å². The zero-order valence-electron chi connectivity index (χ0n) is 9.82. The molecule has 3 heteroatoms. The molecule has 0 aliphatic carbocycles. The van der Waals surface area contributed by atoms with E-state index in [-0.39, 0.29) is 6.04 Å². The summed E-state index contributed by atoms with van der Waals surface area (Å²) in [5, 5.41) is 0. The number of hydrogen-bond donors (Lipinski definition) is 1. The monoisotopic (exact) mass is 265 g/mol. The molecule has 0 saturated heterocycles. The van der Waals surface area contributed by atoms with Gasteiger partial charge in [0.2, 0.25) is 0 Å². The van der Waals surface area contributed by atoms with E-state index in [0.717, 1.165) is 17.2 Å². The van der Waals surface area contributed by atoms with Crippen molar-refractivity contribution in [2.45, 2.75) is 25.8 Å². The zero-order valence-corrected chi connectivity index (χ0v) is 11.4. The largest absolute Gasteiger partial charge is 0.327 e. The second kappa shape index (κ2) is 5.67. The number of benzene rings is 1. The Morgan fingerprint density at radius 2 is 1.82 bits per heavy atom. The van der Waals surface area contributed by atoms with E-state index in [1.165, 1.54) is 16.0 Å². The summed E-state index contributed by atoms with van der Waals surface area (Å²) in [7, 11) is 0. The molecular formula is C14H16ClNS. The van der Waals surface area contributed by atoms with E-state index in [1.807, 2.05) is 6.07 Å². The maximum absolute atomic E-state index is 6.15. The highest BCUT2D eigenvalue weighted by molar-refractivity contribution is 7.16. The van der Waals surface area contributed by atoms with Crippen LogP contribution in [0.3, 0.4) is 0 Å². The van der Waals surface area contributed by atoms with Crippen LogP contribution in [0, 0.1) is 6.92 Å². The normalized spacial score (nSPS) is 12.6. The standard InChI is InChI=1S/C14H16ClNS/c1-10-2-4-11(5-3-10)8-12(16)9-13-6-7-14(15)17-13/h2-7,12H,8-9,16H2,1H3. The van der Waals surface area contributed by atoms with Crippen molar-refractivity contribution in [1.29, 1.82) is 0 Å². The predicted molar refractivity (Wildman–Crippen MR) is 75.9 cm³/mol. The second-order valence-corrected chi connectivity index (χ2v) is 6.16. The van der Waals surface area contributed by atoms with Gasteiger partial charge >= 0.3 is 0 Å². The molecule has 2 N–H and O–H groups in total. The predicted octanol–water partition coefficient (Wildman–Crippen LogP) is 3.82. The van der Waals surface area contributed by atoms with Crippen LogP contribution in [-0.4, -0.2) is 6.04 Å². The van der Waals surface area contributed by atoms with Crippen molar-refractivity contribution in [2.75, 3.05) is 0 Å². The highest BCUT2D eigenvalue weighted by Gasteiger charge is 2.07. The zero-order chi connectivity index (χ0) is 12.3. The number of aryl methyl sites for hydroxylation is 1. The SMILES string of the molecule is Cc1ccc(CC(N)Cc2ccc(Cl)s2)cc1. The van der Waals surface area contributed by atoms with E-state index >= 15 is 0 Å². The molecule has 2 rings (SSSR count). The third-order valence-corrected chi connectivity index (χ3v) is 3.96. The molecule has 0 radical (unpaired) electrons. The fraction of sp³-hybridized carbons (Fsp3) is 0.286. The smallest absolute Gasteiger partial charge is 0.0931 e. The number of thiophene rings is 1. The van der Waals surface area contributed by atoms with E-state index in [1.54, 1.807) is 11.3 Å². The Labute approximate surface area is 111 Å². The van der Waals surface area contributed by atoms with Gasteiger partial charge in [0.05, 0.1) is 4.34 Å². The Balaban J connectivity index is 1.93. The molecule has 2 aromatic rings. The van der Waals surface area contributed by atoms with Crippen molar-refractivity contribution < 1.29 is 0 Å². The summed E-state index contributed by atoms with van der Waals surface area (Å²) in [5.74, 6) is 0. The molecule has 90 valence electrons. The van der Waals surface area contributed by atoms with Crippen molar-refractivity contribution in [3.8, 4) is 0 Å². The molecule has 17 heavy (non-hydrogen) atoms. The number of rotatable bonds is 4. The summed E-state index contributed by atoms with van der Waals surface area (Å²) >= 11 is 7.51. The molecule has 0 aliphatic rings. The van der Waals surface area contributed by atoms with E-state index in [4.69, 9.17) is 17.3 Å². The summed E-state index contributed by atoms with van der Waals surface area (Å²) in [4.78, 5) is 1.26. The molecule has 1 heterocycles. The average Bonchev–Trinajstić information content (AvgIpc) is 2.67. The first-order chi connectivity index (χ1) is 8.13. The molecule has 1 aromatic heterocycles. The molecule has 0 bridgehead atoms. The molecule has 0 fully saturated rings. The maximum atomic E-state index is 6.15. The van der Waals surface area contributed by atoms with Gasteiger partial charge in [-0.05, 0) is 37.5 Å². The lowest BCUT2D eigenvalue weighted by Crippen LogP contribution is -2.25. The van der Waals surface area contributed by atoms with E-state index < -0.39 is 0 Å². The topological polar surface area (TPSA) is 26.0 Å². The van der Waals surface area contributed by atoms with Gasteiger partial charge in [-0.15, -0.1) is 11.3 Å². The summed E-state index contributed by atoms with van der Waals surface area (Å²) < 4.78 is 0.836. The lowest BCUT2D eigenvalue weighted by atomic mass is 10.0. The minimum Gasteiger partial charge on any atom is -0.327 e. The van der Waals surface area contributed by atoms with E-state index in [0.29, 0.717) is 0 Å². The first kappa shape index (κ1) is 12.6. The van der Waals surface area contributed by atoms with Crippen LogP contribution >= 0.6 is 22.9 Å². The van der Waals surface area contributed by atoms with Gasteiger partial charge in [0.25, 0.3) is 0 Å². The van der Waals surface area contributed by atoms with Crippen molar-refractivity contribution in [3.05, 3.63) is 56.7 Å². The molecule has 0 aliphatic heterocycles. The molecule has 1 nitrogen and oxygen atoms in total. The summed E-state index contributed by atoms with van der Waals surface area (Å²) in [5.41, 5.74) is 8.73. The number of nitrogens with two attached hydrogens (primary N) is 1. The Bertz CT molecular complexity index is 475. The van der Waals surface area contributed by atoms with Crippen LogP contribution in [0.15, 0.2) is 36.4 Å². The Morgan fingerprint density at radius 3 is 2.41 bits per heavy atom. The van der Waals surface area contributed by atoms with Gasteiger partial charge in [0, 0.05) is 10.9 Å². The minimum absolute atomic E-state index is 0.160. The van der Waals surface area contributed by atoms with Gasteiger partial charge < -0.3 is 5.73 Å². The number of hydrogen-bond acceptors (Lipinski definition) is 2. The van der Waals surface area contributed by atoms with Crippen LogP contribution in [0.5, 0.6) is 0 Å². The number of halogens is 1. The quantitative estimate of drug-likeness (QED) is 0.894. The van der Waals surface area contributed by atoms with Gasteiger partial charge in [-0.25, -0.2) is 0 Å². The third-order valence-electron chi connectivity index (χ3n) is 2.71. The molecular weight excluding hydrogens is 250 g/mol. The van der Waals surface area contributed by atoms with Crippen LogP contribution in [-0.2, 0) is 12.8 Å². The Hall–Kier alpha value is -0.830. The van der Waals surface area contributed by atoms with Crippen LogP contribution < -0.4 is 5.73 Å². The first-order valence-corrected chi connectivity index (χ1v) is 6.88. The first-order valence-electron chi connectivity index (χ1n) is 5.69. The summed E-state index contributed by atoms with van der Waals surface area (Å²) in [6.45, 7) is 2.09. The van der Waals surface area contributed by atoms with Crippen molar-refractivity contribution >= 4 is 22.9 Å². The lowest BCUT2D eigenvalue weighted by molar-refractivity contribution is 0.671. The average molecular weight is 266 g/mol. The van der Waals surface area contributed by atoms with Gasteiger partial charge in [-0.1, -0.05) is 41.4 Å². The van der Waals surface area contributed by atoms with Gasteiger partial charge in [-0.3, -0.25) is 0 Å². The molecule has 0 saturated carbocycles. The highest BCUT2D eigenvalue weighted by atomic mass is 35.5. The summed E-state index contributed by atoms with van der Waals surface area (Å²) in [6, 6.07) is 12.7. The fourth-order valence-electron chi connectivity index (χ4n) is 1.82. The minimum atomic E-state index is 0.160. The third kappa shape index (κ3) is 3.84. The molecule has 1 aromatic carbocycles. The van der Waals surface area contributed by atoms with E-state index in [2.05, 4.69) is 37.3 Å². The van der Waals surface area contributed by atoms with Crippen molar-refractivity contribution in [2.24, 2.45) is 5.73 Å². The Morgan fingerprint density at radius 1 is 1.12 bits per heavy atom. The Kier molecular flexibility index (Phi) is 4.21. The van der Waals surface area contributed by atoms with Gasteiger partial charge in [0.1, 0.15) is 0 Å². The van der Waals surface area contributed by atoms with Crippen molar-refractivity contribution in [3.63, 3.8) is 0 Å². The van der Waals surface area contributed by atoms with Crippen LogP contribution in [0.1, 0.15) is 16.0 Å². The fourth-order valence-corrected chi connectivity index (χ4v) is 3.00.